The molecule has 0 aromatic carbocycles. The van der Waals surface area contributed by atoms with Crippen molar-refractivity contribution in [1.29, 1.82) is 0 Å². The molecule has 1 aromatic rings. The molecule has 2 heterocycles. The second-order valence-corrected chi connectivity index (χ2v) is 6.58. The summed E-state index contributed by atoms with van der Waals surface area (Å²) in [6, 6.07) is 0. The number of rotatable bonds is 4. The number of likely N-dealkylation sites (N-methyl/N-ethyl adjacent to an activating group) is 1. The van der Waals surface area contributed by atoms with Crippen LogP contribution in [0.3, 0.4) is 0 Å². The molecule has 2 aliphatic rings. The van der Waals surface area contributed by atoms with Gasteiger partial charge in [-0.05, 0) is 25.8 Å². The number of hydrogen-bond donors (Lipinski definition) is 1. The highest BCUT2D eigenvalue weighted by Crippen LogP contribution is 2.30. The number of Topliss-reactive ketones (excluding diaryl/α,β-unsaturated/α-hetero) is 1. The van der Waals surface area contributed by atoms with Crippen molar-refractivity contribution in [2.45, 2.75) is 33.6 Å². The van der Waals surface area contributed by atoms with E-state index in [1.807, 2.05) is 6.92 Å². The first-order valence-electron chi connectivity index (χ1n) is 8.77. The van der Waals surface area contributed by atoms with Crippen LogP contribution in [0.1, 0.15) is 43.2 Å². The standard InChI is InChI=1S/C17H27N5O/c1-4-18-16-15-13(10-12(3)11-14(15)23)19-17(20-16)22-8-6-21(5-2)7-9-22/h12H,4-11H2,1-3H3,(H,18,19,20). The first kappa shape index (κ1) is 16.2. The van der Waals surface area contributed by atoms with Gasteiger partial charge in [-0.25, -0.2) is 4.98 Å². The van der Waals surface area contributed by atoms with Gasteiger partial charge in [0, 0.05) is 39.1 Å². The van der Waals surface area contributed by atoms with Crippen molar-refractivity contribution < 1.29 is 4.79 Å². The van der Waals surface area contributed by atoms with Crippen molar-refractivity contribution in [2.24, 2.45) is 5.92 Å². The summed E-state index contributed by atoms with van der Waals surface area (Å²) >= 11 is 0. The topological polar surface area (TPSA) is 61.4 Å². The lowest BCUT2D eigenvalue weighted by Gasteiger charge is -2.34. The Morgan fingerprint density at radius 1 is 1.13 bits per heavy atom. The Morgan fingerprint density at radius 2 is 1.87 bits per heavy atom. The predicted molar refractivity (Wildman–Crippen MR) is 92.3 cm³/mol. The minimum atomic E-state index is 0.178. The first-order valence-corrected chi connectivity index (χ1v) is 8.77. The maximum atomic E-state index is 12.4. The number of carbonyl (C=O) groups excluding carboxylic acids is 1. The van der Waals surface area contributed by atoms with Crippen molar-refractivity contribution in [2.75, 3.05) is 49.5 Å². The minimum Gasteiger partial charge on any atom is -0.370 e. The van der Waals surface area contributed by atoms with Crippen LogP contribution in [0, 0.1) is 5.92 Å². The third-order valence-corrected chi connectivity index (χ3v) is 4.77. The van der Waals surface area contributed by atoms with Crippen molar-refractivity contribution in [3.8, 4) is 0 Å². The van der Waals surface area contributed by atoms with Gasteiger partial charge in [0.05, 0.1) is 11.3 Å². The van der Waals surface area contributed by atoms with Gasteiger partial charge in [-0.15, -0.1) is 0 Å². The Labute approximate surface area is 138 Å². The number of aromatic nitrogens is 2. The average Bonchev–Trinajstić information content (AvgIpc) is 2.54. The summed E-state index contributed by atoms with van der Waals surface area (Å²) < 4.78 is 0. The highest BCUT2D eigenvalue weighted by molar-refractivity contribution is 6.02. The van der Waals surface area contributed by atoms with E-state index < -0.39 is 0 Å². The van der Waals surface area contributed by atoms with Gasteiger partial charge in [-0.2, -0.15) is 4.98 Å². The molecule has 0 bridgehead atoms. The summed E-state index contributed by atoms with van der Waals surface area (Å²) in [7, 11) is 0. The number of hydrogen-bond acceptors (Lipinski definition) is 6. The monoisotopic (exact) mass is 317 g/mol. The quantitative estimate of drug-likeness (QED) is 0.914. The van der Waals surface area contributed by atoms with Crippen molar-refractivity contribution >= 4 is 17.5 Å². The molecule has 0 saturated carbocycles. The van der Waals surface area contributed by atoms with Gasteiger partial charge in [0.1, 0.15) is 5.82 Å². The van der Waals surface area contributed by atoms with E-state index in [4.69, 9.17) is 9.97 Å². The lowest BCUT2D eigenvalue weighted by molar-refractivity contribution is 0.0952. The second kappa shape index (κ2) is 6.83. The van der Waals surface area contributed by atoms with Gasteiger partial charge in [-0.3, -0.25) is 4.79 Å². The molecule has 1 fully saturated rings. The van der Waals surface area contributed by atoms with Crippen LogP contribution in [-0.2, 0) is 6.42 Å². The molecule has 1 atom stereocenters. The Hall–Kier alpha value is -1.69. The molecule has 1 aromatic heterocycles. The van der Waals surface area contributed by atoms with E-state index in [0.717, 1.165) is 68.7 Å². The number of fused-ring (bicyclic) bond motifs is 1. The Morgan fingerprint density at radius 3 is 2.52 bits per heavy atom. The van der Waals surface area contributed by atoms with Crippen LogP contribution < -0.4 is 10.2 Å². The third kappa shape index (κ3) is 3.32. The Balaban J connectivity index is 1.91. The third-order valence-electron chi connectivity index (χ3n) is 4.77. The fraction of sp³-hybridized carbons (Fsp3) is 0.706. The largest absolute Gasteiger partial charge is 0.370 e. The zero-order valence-electron chi connectivity index (χ0n) is 14.4. The maximum absolute atomic E-state index is 12.4. The number of piperazine rings is 1. The smallest absolute Gasteiger partial charge is 0.227 e. The molecule has 0 radical (unpaired) electrons. The van der Waals surface area contributed by atoms with Crippen LogP contribution in [0.15, 0.2) is 0 Å². The minimum absolute atomic E-state index is 0.178. The predicted octanol–water partition coefficient (Wildman–Crippen LogP) is 1.82. The average molecular weight is 317 g/mol. The van der Waals surface area contributed by atoms with E-state index in [2.05, 4.69) is 29.0 Å². The van der Waals surface area contributed by atoms with E-state index in [1.54, 1.807) is 0 Å². The zero-order chi connectivity index (χ0) is 16.4. The van der Waals surface area contributed by atoms with Crippen LogP contribution in [0.2, 0.25) is 0 Å². The Bertz CT molecular complexity index is 563. The van der Waals surface area contributed by atoms with Crippen LogP contribution in [0.4, 0.5) is 11.8 Å². The van der Waals surface area contributed by atoms with E-state index in [0.29, 0.717) is 12.3 Å². The van der Waals surface area contributed by atoms with Crippen LogP contribution in [-0.4, -0.2) is 59.9 Å². The molecule has 0 amide bonds. The molecule has 23 heavy (non-hydrogen) atoms. The first-order chi connectivity index (χ1) is 11.1. The van der Waals surface area contributed by atoms with Gasteiger partial charge in [0.15, 0.2) is 5.78 Å². The molecule has 1 saturated heterocycles. The molecular formula is C17H27N5O. The second-order valence-electron chi connectivity index (χ2n) is 6.58. The van der Waals surface area contributed by atoms with E-state index in [9.17, 15) is 4.79 Å². The summed E-state index contributed by atoms with van der Waals surface area (Å²) in [4.78, 5) is 26.6. The van der Waals surface area contributed by atoms with Gasteiger partial charge < -0.3 is 15.1 Å². The molecule has 1 aliphatic carbocycles. The molecule has 1 unspecified atom stereocenters. The fourth-order valence-corrected chi connectivity index (χ4v) is 3.46. The molecule has 126 valence electrons. The molecule has 6 heteroatoms. The maximum Gasteiger partial charge on any atom is 0.227 e. The van der Waals surface area contributed by atoms with E-state index in [1.165, 1.54) is 0 Å². The Kier molecular flexibility index (Phi) is 4.80. The van der Waals surface area contributed by atoms with Crippen molar-refractivity contribution in [3.63, 3.8) is 0 Å². The van der Waals surface area contributed by atoms with Crippen LogP contribution in [0.5, 0.6) is 0 Å². The number of ketones is 1. The molecule has 1 aliphatic heterocycles. The summed E-state index contributed by atoms with van der Waals surface area (Å²) in [5.41, 5.74) is 1.65. The van der Waals surface area contributed by atoms with Crippen molar-refractivity contribution in [1.82, 2.24) is 14.9 Å². The zero-order valence-corrected chi connectivity index (χ0v) is 14.4. The van der Waals surface area contributed by atoms with Crippen LogP contribution in [0.25, 0.3) is 0 Å². The summed E-state index contributed by atoms with van der Waals surface area (Å²) in [6.45, 7) is 12.2. The van der Waals surface area contributed by atoms with Gasteiger partial charge in [0.25, 0.3) is 0 Å². The van der Waals surface area contributed by atoms with Gasteiger partial charge in [-0.1, -0.05) is 13.8 Å². The lowest BCUT2D eigenvalue weighted by Crippen LogP contribution is -2.47. The number of carbonyl (C=O) groups is 1. The van der Waals surface area contributed by atoms with Crippen molar-refractivity contribution in [3.05, 3.63) is 11.3 Å². The molecule has 0 spiro atoms. The summed E-state index contributed by atoms with van der Waals surface area (Å²) in [5.74, 6) is 2.04. The highest BCUT2D eigenvalue weighted by atomic mass is 16.1. The number of nitrogens with one attached hydrogen (secondary N) is 1. The number of anilines is 2. The van der Waals surface area contributed by atoms with Gasteiger partial charge in [0.2, 0.25) is 5.95 Å². The summed E-state index contributed by atoms with van der Waals surface area (Å²) in [6.07, 6.45) is 1.47. The lowest BCUT2D eigenvalue weighted by atomic mass is 9.87. The van der Waals surface area contributed by atoms with E-state index in [-0.39, 0.29) is 5.78 Å². The molecule has 6 nitrogen and oxygen atoms in total. The molecule has 3 rings (SSSR count). The SMILES string of the molecule is CCNc1nc(N2CCN(CC)CC2)nc2c1C(=O)CC(C)C2. The summed E-state index contributed by atoms with van der Waals surface area (Å²) in [5, 5.41) is 3.27. The molecule has 1 N–H and O–H groups in total. The van der Waals surface area contributed by atoms with Crippen LogP contribution >= 0.6 is 0 Å². The van der Waals surface area contributed by atoms with E-state index >= 15 is 0 Å². The van der Waals surface area contributed by atoms with Gasteiger partial charge >= 0.3 is 0 Å². The number of nitrogens with zero attached hydrogens (tertiary/aromatic N) is 4. The fourth-order valence-electron chi connectivity index (χ4n) is 3.46. The normalized spacial score (nSPS) is 22.1. The molecular weight excluding hydrogens is 290 g/mol. The highest BCUT2D eigenvalue weighted by Gasteiger charge is 2.29.